The molecule has 0 aliphatic rings. The second-order valence-corrected chi connectivity index (χ2v) is 6.98. The SMILES string of the molecule is Cc1cc2nc(NC(=S)NCCc3ccccc3)sc2cc1C. The van der Waals surface area contributed by atoms with Gasteiger partial charge >= 0.3 is 0 Å². The van der Waals surface area contributed by atoms with Gasteiger partial charge in [-0.15, -0.1) is 0 Å². The van der Waals surface area contributed by atoms with Crippen LogP contribution in [0.25, 0.3) is 10.2 Å². The van der Waals surface area contributed by atoms with Gasteiger partial charge in [0, 0.05) is 6.54 Å². The second kappa shape index (κ2) is 7.06. The quantitative estimate of drug-likeness (QED) is 0.688. The number of thiazole rings is 1. The maximum absolute atomic E-state index is 5.35. The van der Waals surface area contributed by atoms with E-state index in [1.807, 2.05) is 6.07 Å². The third-order valence-corrected chi connectivity index (χ3v) is 4.95. The summed E-state index contributed by atoms with van der Waals surface area (Å²) in [4.78, 5) is 4.60. The van der Waals surface area contributed by atoms with Gasteiger partial charge in [0.15, 0.2) is 10.2 Å². The molecule has 1 heterocycles. The van der Waals surface area contributed by atoms with E-state index in [0.29, 0.717) is 5.11 Å². The minimum absolute atomic E-state index is 0.619. The van der Waals surface area contributed by atoms with E-state index in [2.05, 4.69) is 65.9 Å². The highest BCUT2D eigenvalue weighted by Gasteiger charge is 2.07. The lowest BCUT2D eigenvalue weighted by Crippen LogP contribution is -2.30. The maximum Gasteiger partial charge on any atom is 0.190 e. The Labute approximate surface area is 145 Å². The van der Waals surface area contributed by atoms with Gasteiger partial charge in [0.2, 0.25) is 0 Å². The molecule has 0 saturated heterocycles. The minimum atomic E-state index is 0.619. The van der Waals surface area contributed by atoms with Crippen molar-refractivity contribution in [2.24, 2.45) is 0 Å². The van der Waals surface area contributed by atoms with Crippen LogP contribution in [-0.2, 0) is 6.42 Å². The zero-order valence-electron chi connectivity index (χ0n) is 13.2. The Balaban J connectivity index is 1.57. The largest absolute Gasteiger partial charge is 0.362 e. The molecule has 3 rings (SSSR count). The number of benzene rings is 2. The van der Waals surface area contributed by atoms with Crippen LogP contribution in [0.3, 0.4) is 0 Å². The van der Waals surface area contributed by atoms with Crippen LogP contribution in [0.5, 0.6) is 0 Å². The van der Waals surface area contributed by atoms with Crippen LogP contribution in [0.2, 0.25) is 0 Å². The Kier molecular flexibility index (Phi) is 4.88. The van der Waals surface area contributed by atoms with Crippen molar-refractivity contribution in [2.45, 2.75) is 20.3 Å². The topological polar surface area (TPSA) is 37.0 Å². The summed E-state index contributed by atoms with van der Waals surface area (Å²) < 4.78 is 1.18. The standard InChI is InChI=1S/C18H19N3S2/c1-12-10-15-16(11-13(12)2)23-18(20-15)21-17(22)19-9-8-14-6-4-3-5-7-14/h3-7,10-11H,8-9H2,1-2H3,(H2,19,20,21,22). The summed E-state index contributed by atoms with van der Waals surface area (Å²) in [6, 6.07) is 14.7. The molecule has 3 nitrogen and oxygen atoms in total. The molecule has 2 N–H and O–H groups in total. The highest BCUT2D eigenvalue weighted by atomic mass is 32.1. The van der Waals surface area contributed by atoms with Crippen molar-refractivity contribution >= 4 is 44.0 Å². The Morgan fingerprint density at radius 1 is 1.13 bits per heavy atom. The average Bonchev–Trinajstić information content (AvgIpc) is 2.90. The molecule has 3 aromatic rings. The molecule has 0 atom stereocenters. The van der Waals surface area contributed by atoms with Crippen LogP contribution in [0.1, 0.15) is 16.7 Å². The van der Waals surface area contributed by atoms with Crippen molar-refractivity contribution in [1.29, 1.82) is 0 Å². The number of hydrogen-bond acceptors (Lipinski definition) is 3. The van der Waals surface area contributed by atoms with Gasteiger partial charge in [0.1, 0.15) is 0 Å². The summed E-state index contributed by atoms with van der Waals surface area (Å²) >= 11 is 6.98. The molecule has 0 bridgehead atoms. The minimum Gasteiger partial charge on any atom is -0.362 e. The summed E-state index contributed by atoms with van der Waals surface area (Å²) in [5, 5.41) is 7.87. The van der Waals surface area contributed by atoms with E-state index < -0.39 is 0 Å². The molecule has 0 aliphatic heterocycles. The number of rotatable bonds is 4. The fraction of sp³-hybridized carbons (Fsp3) is 0.222. The van der Waals surface area contributed by atoms with E-state index in [9.17, 15) is 0 Å². The Hall–Kier alpha value is -1.98. The molecule has 0 aliphatic carbocycles. The number of aromatic nitrogens is 1. The number of nitrogens with one attached hydrogen (secondary N) is 2. The lowest BCUT2D eigenvalue weighted by Gasteiger charge is -2.08. The van der Waals surface area contributed by atoms with Gasteiger partial charge in [-0.25, -0.2) is 4.98 Å². The monoisotopic (exact) mass is 341 g/mol. The number of thiocarbonyl (C=S) groups is 1. The predicted molar refractivity (Wildman–Crippen MR) is 103 cm³/mol. The van der Waals surface area contributed by atoms with Crippen LogP contribution in [-0.4, -0.2) is 16.6 Å². The van der Waals surface area contributed by atoms with E-state index in [-0.39, 0.29) is 0 Å². The predicted octanol–water partition coefficient (Wildman–Crippen LogP) is 4.44. The molecule has 0 radical (unpaired) electrons. The highest BCUT2D eigenvalue weighted by molar-refractivity contribution is 7.80. The molecular weight excluding hydrogens is 322 g/mol. The zero-order valence-corrected chi connectivity index (χ0v) is 14.9. The maximum atomic E-state index is 5.35. The van der Waals surface area contributed by atoms with Crippen LogP contribution >= 0.6 is 23.6 Å². The van der Waals surface area contributed by atoms with Gasteiger partial charge in [-0.1, -0.05) is 41.7 Å². The molecule has 0 unspecified atom stereocenters. The van der Waals surface area contributed by atoms with Crippen molar-refractivity contribution in [3.63, 3.8) is 0 Å². The Morgan fingerprint density at radius 2 is 1.87 bits per heavy atom. The van der Waals surface area contributed by atoms with E-state index in [1.54, 1.807) is 11.3 Å². The van der Waals surface area contributed by atoms with E-state index >= 15 is 0 Å². The Bertz CT molecular complexity index is 786. The summed E-state index contributed by atoms with van der Waals surface area (Å²) in [5.74, 6) is 0. The fourth-order valence-corrected chi connectivity index (χ4v) is 3.55. The first-order chi connectivity index (χ1) is 11.1. The second-order valence-electron chi connectivity index (χ2n) is 5.54. The summed E-state index contributed by atoms with van der Waals surface area (Å²) in [6.45, 7) is 5.04. The van der Waals surface area contributed by atoms with E-state index in [1.165, 1.54) is 21.4 Å². The smallest absolute Gasteiger partial charge is 0.190 e. The molecule has 1 aromatic heterocycles. The molecule has 0 spiro atoms. The van der Waals surface area contributed by atoms with Crippen molar-refractivity contribution in [2.75, 3.05) is 11.9 Å². The first-order valence-corrected chi connectivity index (χ1v) is 8.81. The van der Waals surface area contributed by atoms with Gasteiger partial charge in [-0.3, -0.25) is 0 Å². The van der Waals surface area contributed by atoms with Crippen LogP contribution in [0.4, 0.5) is 5.13 Å². The van der Waals surface area contributed by atoms with Crippen LogP contribution in [0.15, 0.2) is 42.5 Å². The lowest BCUT2D eigenvalue weighted by molar-refractivity contribution is 0.873. The molecular formula is C18H19N3S2. The van der Waals surface area contributed by atoms with E-state index in [4.69, 9.17) is 12.2 Å². The van der Waals surface area contributed by atoms with Gasteiger partial charge in [0.05, 0.1) is 10.2 Å². The fourth-order valence-electron chi connectivity index (χ4n) is 2.34. The van der Waals surface area contributed by atoms with E-state index in [0.717, 1.165) is 23.6 Å². The third-order valence-electron chi connectivity index (χ3n) is 3.77. The number of nitrogens with zero attached hydrogens (tertiary/aromatic N) is 1. The first kappa shape index (κ1) is 15.9. The van der Waals surface area contributed by atoms with Gasteiger partial charge in [0.25, 0.3) is 0 Å². The van der Waals surface area contributed by atoms with Crippen LogP contribution in [0, 0.1) is 13.8 Å². The van der Waals surface area contributed by atoms with Gasteiger partial charge in [-0.2, -0.15) is 0 Å². The Morgan fingerprint density at radius 3 is 2.65 bits per heavy atom. The molecule has 0 amide bonds. The van der Waals surface area contributed by atoms with Crippen molar-refractivity contribution in [1.82, 2.24) is 10.3 Å². The van der Waals surface area contributed by atoms with Gasteiger partial charge in [-0.05, 0) is 61.3 Å². The number of hydrogen-bond donors (Lipinski definition) is 2. The molecule has 5 heteroatoms. The number of anilines is 1. The summed E-state index contributed by atoms with van der Waals surface area (Å²) in [5.41, 5.74) is 4.87. The highest BCUT2D eigenvalue weighted by Crippen LogP contribution is 2.28. The first-order valence-electron chi connectivity index (χ1n) is 7.58. The van der Waals surface area contributed by atoms with Crippen LogP contribution < -0.4 is 10.6 Å². The summed E-state index contributed by atoms with van der Waals surface area (Å²) in [7, 11) is 0. The molecule has 0 fully saturated rings. The van der Waals surface area contributed by atoms with Crippen molar-refractivity contribution in [3.05, 3.63) is 59.2 Å². The lowest BCUT2D eigenvalue weighted by atomic mass is 10.1. The molecule has 0 saturated carbocycles. The van der Waals surface area contributed by atoms with Crippen molar-refractivity contribution in [3.8, 4) is 0 Å². The average molecular weight is 342 g/mol. The number of aryl methyl sites for hydroxylation is 2. The van der Waals surface area contributed by atoms with Crippen molar-refractivity contribution < 1.29 is 0 Å². The van der Waals surface area contributed by atoms with Gasteiger partial charge < -0.3 is 10.6 Å². The normalized spacial score (nSPS) is 10.7. The molecule has 118 valence electrons. The molecule has 2 aromatic carbocycles. The molecule has 23 heavy (non-hydrogen) atoms. The summed E-state index contributed by atoms with van der Waals surface area (Å²) in [6.07, 6.45) is 0.945. The number of fused-ring (bicyclic) bond motifs is 1. The zero-order chi connectivity index (χ0) is 16.2. The third kappa shape index (κ3) is 4.06.